The first kappa shape index (κ1) is 8.81. The Kier molecular flexibility index (Phi) is 2.00. The van der Waals surface area contributed by atoms with Crippen molar-refractivity contribution in [2.75, 3.05) is 0 Å². The minimum atomic E-state index is -0.830. The fourth-order valence-corrected chi connectivity index (χ4v) is 1.73. The van der Waals surface area contributed by atoms with Crippen LogP contribution in [0.2, 0.25) is 0 Å². The van der Waals surface area contributed by atoms with Gasteiger partial charge < -0.3 is 10.2 Å². The van der Waals surface area contributed by atoms with Crippen LogP contribution in [-0.2, 0) is 11.2 Å². The summed E-state index contributed by atoms with van der Waals surface area (Å²) in [4.78, 5) is 10.5. The number of rotatable bonds is 2. The Morgan fingerprint density at radius 1 is 1.43 bits per heavy atom. The molecule has 0 unspecified atom stereocenters. The molecule has 72 valence electrons. The van der Waals surface area contributed by atoms with E-state index >= 15 is 0 Å². The van der Waals surface area contributed by atoms with Crippen molar-refractivity contribution in [3.05, 3.63) is 34.9 Å². The second kappa shape index (κ2) is 3.18. The van der Waals surface area contributed by atoms with Crippen LogP contribution in [0.15, 0.2) is 23.8 Å². The summed E-state index contributed by atoms with van der Waals surface area (Å²) in [6.45, 7) is 0. The molecule has 0 bridgehead atoms. The molecule has 0 spiro atoms. The normalized spacial score (nSPS) is 13.6. The molecule has 0 amide bonds. The van der Waals surface area contributed by atoms with Gasteiger partial charge in [-0.05, 0) is 18.1 Å². The topological polar surface area (TPSA) is 57.5 Å². The highest BCUT2D eigenvalue weighted by molar-refractivity contribution is 5.76. The van der Waals surface area contributed by atoms with Crippen LogP contribution in [0.1, 0.15) is 17.5 Å². The number of aromatic hydroxyl groups is 1. The summed E-state index contributed by atoms with van der Waals surface area (Å²) >= 11 is 0. The second-order valence-electron chi connectivity index (χ2n) is 3.39. The molecule has 3 heteroatoms. The van der Waals surface area contributed by atoms with Crippen molar-refractivity contribution in [3.63, 3.8) is 0 Å². The molecule has 14 heavy (non-hydrogen) atoms. The lowest BCUT2D eigenvalue weighted by Crippen LogP contribution is -1.97. The van der Waals surface area contributed by atoms with Crippen LogP contribution >= 0.6 is 0 Å². The van der Waals surface area contributed by atoms with Crippen molar-refractivity contribution in [2.24, 2.45) is 0 Å². The third-order valence-corrected chi connectivity index (χ3v) is 2.33. The number of hydrogen-bond donors (Lipinski definition) is 2. The molecule has 1 aliphatic rings. The molecule has 0 heterocycles. The van der Waals surface area contributed by atoms with E-state index in [4.69, 9.17) is 5.11 Å². The minimum Gasteiger partial charge on any atom is -0.508 e. The molecular weight excluding hydrogens is 180 g/mol. The van der Waals surface area contributed by atoms with Gasteiger partial charge in [0.25, 0.3) is 0 Å². The standard InChI is InChI=1S/C11H10O3/c12-10-3-1-2-8-4-7(5-9(8)10)6-11(13)14/h1-4,12H,5-6H2,(H,13,14). The number of benzene rings is 1. The number of phenols is 1. The molecule has 0 atom stereocenters. The molecular formula is C11H10O3. The van der Waals surface area contributed by atoms with Gasteiger partial charge in [-0.2, -0.15) is 0 Å². The first-order valence-corrected chi connectivity index (χ1v) is 4.39. The monoisotopic (exact) mass is 190 g/mol. The summed E-state index contributed by atoms with van der Waals surface area (Å²) in [6, 6.07) is 5.26. The summed E-state index contributed by atoms with van der Waals surface area (Å²) < 4.78 is 0. The number of carboxylic acids is 1. The third-order valence-electron chi connectivity index (χ3n) is 2.33. The van der Waals surface area contributed by atoms with Gasteiger partial charge in [0.2, 0.25) is 0 Å². The van der Waals surface area contributed by atoms with Gasteiger partial charge in [-0.1, -0.05) is 23.8 Å². The van der Waals surface area contributed by atoms with Crippen LogP contribution in [0.25, 0.3) is 6.08 Å². The summed E-state index contributed by atoms with van der Waals surface area (Å²) in [6.07, 6.45) is 2.44. The van der Waals surface area contributed by atoms with Crippen LogP contribution in [0, 0.1) is 0 Å². The zero-order valence-corrected chi connectivity index (χ0v) is 7.53. The molecule has 0 radical (unpaired) electrons. The SMILES string of the molecule is O=C(O)CC1=Cc2cccc(O)c2C1. The molecule has 0 aromatic heterocycles. The van der Waals surface area contributed by atoms with E-state index in [2.05, 4.69) is 0 Å². The highest BCUT2D eigenvalue weighted by Gasteiger charge is 2.17. The quantitative estimate of drug-likeness (QED) is 0.747. The fraction of sp³-hybridized carbons (Fsp3) is 0.182. The molecule has 0 saturated heterocycles. The lowest BCUT2D eigenvalue weighted by molar-refractivity contribution is -0.136. The average molecular weight is 190 g/mol. The van der Waals surface area contributed by atoms with Crippen molar-refractivity contribution < 1.29 is 15.0 Å². The Morgan fingerprint density at radius 2 is 2.21 bits per heavy atom. The predicted octanol–water partition coefficient (Wildman–Crippen LogP) is 1.81. The van der Waals surface area contributed by atoms with Gasteiger partial charge in [-0.15, -0.1) is 0 Å². The molecule has 0 fully saturated rings. The Bertz CT molecular complexity index is 419. The van der Waals surface area contributed by atoms with E-state index in [9.17, 15) is 9.90 Å². The lowest BCUT2D eigenvalue weighted by atomic mass is 10.1. The van der Waals surface area contributed by atoms with Crippen molar-refractivity contribution in [2.45, 2.75) is 12.8 Å². The average Bonchev–Trinajstić information content (AvgIpc) is 2.47. The van der Waals surface area contributed by atoms with Gasteiger partial charge in [0, 0.05) is 5.56 Å². The Balaban J connectivity index is 2.28. The van der Waals surface area contributed by atoms with E-state index in [1.165, 1.54) is 0 Å². The fourth-order valence-electron chi connectivity index (χ4n) is 1.73. The van der Waals surface area contributed by atoms with Gasteiger partial charge in [0.15, 0.2) is 0 Å². The number of hydrogen-bond acceptors (Lipinski definition) is 2. The summed E-state index contributed by atoms with van der Waals surface area (Å²) in [5, 5.41) is 18.1. The van der Waals surface area contributed by atoms with Crippen LogP contribution in [0.5, 0.6) is 5.75 Å². The largest absolute Gasteiger partial charge is 0.508 e. The van der Waals surface area contributed by atoms with Crippen molar-refractivity contribution in [1.82, 2.24) is 0 Å². The van der Waals surface area contributed by atoms with Crippen molar-refractivity contribution in [3.8, 4) is 5.75 Å². The van der Waals surface area contributed by atoms with E-state index in [-0.39, 0.29) is 12.2 Å². The number of fused-ring (bicyclic) bond motifs is 1. The molecule has 2 N–H and O–H groups in total. The van der Waals surface area contributed by atoms with Crippen LogP contribution in [0.3, 0.4) is 0 Å². The van der Waals surface area contributed by atoms with E-state index in [1.807, 2.05) is 12.1 Å². The summed E-state index contributed by atoms with van der Waals surface area (Å²) in [5.74, 6) is -0.581. The smallest absolute Gasteiger partial charge is 0.307 e. The van der Waals surface area contributed by atoms with E-state index < -0.39 is 5.97 Å². The maximum absolute atomic E-state index is 10.5. The van der Waals surface area contributed by atoms with Gasteiger partial charge in [-0.25, -0.2) is 0 Å². The molecule has 0 aliphatic heterocycles. The molecule has 0 saturated carbocycles. The predicted molar refractivity (Wildman–Crippen MR) is 52.0 cm³/mol. The Hall–Kier alpha value is -1.77. The van der Waals surface area contributed by atoms with Crippen molar-refractivity contribution >= 4 is 12.0 Å². The Morgan fingerprint density at radius 3 is 2.86 bits per heavy atom. The van der Waals surface area contributed by atoms with Crippen molar-refractivity contribution in [1.29, 1.82) is 0 Å². The zero-order valence-electron chi connectivity index (χ0n) is 7.53. The lowest BCUT2D eigenvalue weighted by Gasteiger charge is -2.01. The maximum Gasteiger partial charge on any atom is 0.307 e. The highest BCUT2D eigenvalue weighted by Crippen LogP contribution is 2.32. The van der Waals surface area contributed by atoms with Gasteiger partial charge in [0.1, 0.15) is 5.75 Å². The third kappa shape index (κ3) is 1.48. The minimum absolute atomic E-state index is 0.0497. The van der Waals surface area contributed by atoms with Gasteiger partial charge in [0.05, 0.1) is 6.42 Å². The first-order valence-electron chi connectivity index (χ1n) is 4.39. The maximum atomic E-state index is 10.5. The molecule has 3 nitrogen and oxygen atoms in total. The van der Waals surface area contributed by atoms with Crippen LogP contribution in [-0.4, -0.2) is 16.2 Å². The highest BCUT2D eigenvalue weighted by atomic mass is 16.4. The van der Waals surface area contributed by atoms with Gasteiger partial charge >= 0.3 is 5.97 Å². The number of phenolic OH excluding ortho intramolecular Hbond substituents is 1. The molecule has 1 aliphatic carbocycles. The summed E-state index contributed by atoms with van der Waals surface area (Å²) in [7, 11) is 0. The Labute approximate surface area is 81.3 Å². The second-order valence-corrected chi connectivity index (χ2v) is 3.39. The summed E-state index contributed by atoms with van der Waals surface area (Å²) in [5.41, 5.74) is 2.61. The van der Waals surface area contributed by atoms with E-state index in [1.54, 1.807) is 12.1 Å². The number of carbonyl (C=O) groups is 1. The van der Waals surface area contributed by atoms with Gasteiger partial charge in [-0.3, -0.25) is 4.79 Å². The van der Waals surface area contributed by atoms with Crippen LogP contribution in [0.4, 0.5) is 0 Å². The molecule has 1 aromatic carbocycles. The van der Waals surface area contributed by atoms with Crippen LogP contribution < -0.4 is 0 Å². The van der Waals surface area contributed by atoms with E-state index in [0.29, 0.717) is 6.42 Å². The first-order chi connectivity index (χ1) is 6.66. The zero-order chi connectivity index (χ0) is 10.1. The van der Waals surface area contributed by atoms with E-state index in [0.717, 1.165) is 16.7 Å². The molecule has 2 rings (SSSR count). The molecule has 1 aromatic rings. The number of aliphatic carboxylic acids is 1. The number of carboxylic acid groups (broad SMARTS) is 1.